The first-order valence-electron chi connectivity index (χ1n) is 8.48. The highest BCUT2D eigenvalue weighted by molar-refractivity contribution is 9.11. The number of hydrogen-bond acceptors (Lipinski definition) is 4. The van der Waals surface area contributed by atoms with E-state index in [2.05, 4.69) is 59.5 Å². The highest BCUT2D eigenvalue weighted by atomic mass is 79.9. The van der Waals surface area contributed by atoms with Crippen molar-refractivity contribution in [1.82, 2.24) is 5.32 Å². The molecular weight excluding hydrogens is 494 g/mol. The highest BCUT2D eigenvalue weighted by Gasteiger charge is 2.17. The molecule has 1 saturated heterocycles. The van der Waals surface area contributed by atoms with E-state index in [-0.39, 0.29) is 11.0 Å². The van der Waals surface area contributed by atoms with E-state index in [1.807, 2.05) is 18.2 Å². The molecule has 8 heteroatoms. The van der Waals surface area contributed by atoms with Gasteiger partial charge in [0, 0.05) is 28.9 Å². The van der Waals surface area contributed by atoms with Gasteiger partial charge in [-0.25, -0.2) is 0 Å². The Kier molecular flexibility index (Phi) is 6.73. The maximum absolute atomic E-state index is 12.6. The standard InChI is InChI=1S/C19H19Br2N3O2S/c1-26-17-15(10-12(20)11-16(17)21)18(25)23-19(27)22-13-4-6-14(7-5-13)24-8-2-3-9-24/h4-7,10-11H,2-3,8-9H2,1H3,(H2,22,23,25,27). The van der Waals surface area contributed by atoms with E-state index in [1.54, 1.807) is 6.07 Å². The van der Waals surface area contributed by atoms with Crippen LogP contribution >= 0.6 is 44.1 Å². The van der Waals surface area contributed by atoms with Crippen molar-refractivity contribution in [3.63, 3.8) is 0 Å². The first-order chi connectivity index (χ1) is 13.0. The monoisotopic (exact) mass is 511 g/mol. The second kappa shape index (κ2) is 9.03. The molecule has 1 heterocycles. The zero-order valence-electron chi connectivity index (χ0n) is 14.7. The van der Waals surface area contributed by atoms with Crippen molar-refractivity contribution in [2.24, 2.45) is 0 Å². The Morgan fingerprint density at radius 1 is 1.15 bits per heavy atom. The molecule has 3 rings (SSSR count). The van der Waals surface area contributed by atoms with Gasteiger partial charge in [-0.05, 0) is 77.4 Å². The first kappa shape index (κ1) is 20.1. The third-order valence-electron chi connectivity index (χ3n) is 4.28. The average Bonchev–Trinajstić information content (AvgIpc) is 3.16. The topological polar surface area (TPSA) is 53.6 Å². The molecule has 5 nitrogen and oxygen atoms in total. The minimum Gasteiger partial charge on any atom is -0.495 e. The van der Waals surface area contributed by atoms with Crippen molar-refractivity contribution in [3.05, 3.63) is 50.9 Å². The molecule has 0 aromatic heterocycles. The summed E-state index contributed by atoms with van der Waals surface area (Å²) in [4.78, 5) is 15.0. The van der Waals surface area contributed by atoms with Crippen LogP contribution in [-0.2, 0) is 0 Å². The van der Waals surface area contributed by atoms with Crippen molar-refractivity contribution in [2.45, 2.75) is 12.8 Å². The molecular formula is C19H19Br2N3O2S. The van der Waals surface area contributed by atoms with Crippen LogP contribution in [0.25, 0.3) is 0 Å². The lowest BCUT2D eigenvalue weighted by molar-refractivity contribution is 0.0974. The summed E-state index contributed by atoms with van der Waals surface area (Å²) in [6, 6.07) is 11.5. The smallest absolute Gasteiger partial charge is 0.261 e. The number of carbonyl (C=O) groups excluding carboxylic acids is 1. The van der Waals surface area contributed by atoms with Crippen LogP contribution in [0.5, 0.6) is 5.75 Å². The van der Waals surface area contributed by atoms with Gasteiger partial charge in [-0.1, -0.05) is 15.9 Å². The fourth-order valence-electron chi connectivity index (χ4n) is 3.00. The Bertz CT molecular complexity index is 853. The normalized spacial score (nSPS) is 13.4. The molecule has 2 aromatic rings. The quantitative estimate of drug-likeness (QED) is 0.568. The predicted octanol–water partition coefficient (Wildman–Crippen LogP) is 4.95. The molecule has 0 unspecified atom stereocenters. The Labute approximate surface area is 180 Å². The number of hydrogen-bond donors (Lipinski definition) is 2. The summed E-state index contributed by atoms with van der Waals surface area (Å²) in [5.41, 5.74) is 2.41. The van der Waals surface area contributed by atoms with Gasteiger partial charge in [0.15, 0.2) is 5.11 Å². The van der Waals surface area contributed by atoms with Crippen molar-refractivity contribution in [2.75, 3.05) is 30.4 Å². The van der Waals surface area contributed by atoms with Gasteiger partial charge in [-0.15, -0.1) is 0 Å². The van der Waals surface area contributed by atoms with E-state index in [4.69, 9.17) is 17.0 Å². The van der Waals surface area contributed by atoms with Crippen molar-refractivity contribution < 1.29 is 9.53 Å². The summed E-state index contributed by atoms with van der Waals surface area (Å²) in [5.74, 6) is 0.105. The SMILES string of the molecule is COc1c(Br)cc(Br)cc1C(=O)NC(=S)Nc1ccc(N2CCCC2)cc1. The van der Waals surface area contributed by atoms with Crippen LogP contribution in [0, 0.1) is 0 Å². The van der Waals surface area contributed by atoms with Gasteiger partial charge >= 0.3 is 0 Å². The number of nitrogens with one attached hydrogen (secondary N) is 2. The van der Waals surface area contributed by atoms with Gasteiger partial charge in [-0.3, -0.25) is 10.1 Å². The van der Waals surface area contributed by atoms with Crippen LogP contribution in [0.2, 0.25) is 0 Å². The fraction of sp³-hybridized carbons (Fsp3) is 0.263. The van der Waals surface area contributed by atoms with Crippen LogP contribution in [0.4, 0.5) is 11.4 Å². The highest BCUT2D eigenvalue weighted by Crippen LogP contribution is 2.32. The molecule has 1 aliphatic heterocycles. The molecule has 1 amide bonds. The van der Waals surface area contributed by atoms with Crippen molar-refractivity contribution >= 4 is 66.5 Å². The number of methoxy groups -OCH3 is 1. The lowest BCUT2D eigenvalue weighted by Gasteiger charge is -2.18. The van der Waals surface area contributed by atoms with Gasteiger partial charge in [0.1, 0.15) is 5.75 Å². The minimum absolute atomic E-state index is 0.229. The zero-order valence-corrected chi connectivity index (χ0v) is 18.7. The number of carbonyl (C=O) groups is 1. The number of halogens is 2. The van der Waals surface area contributed by atoms with E-state index in [0.29, 0.717) is 15.8 Å². The van der Waals surface area contributed by atoms with Crippen molar-refractivity contribution in [3.8, 4) is 5.75 Å². The number of ether oxygens (including phenoxy) is 1. The lowest BCUT2D eigenvalue weighted by atomic mass is 10.2. The molecule has 0 atom stereocenters. The predicted molar refractivity (Wildman–Crippen MR) is 120 cm³/mol. The molecule has 1 fully saturated rings. The Hall–Kier alpha value is -1.64. The third kappa shape index (κ3) is 5.00. The van der Waals surface area contributed by atoms with Crippen LogP contribution in [0.3, 0.4) is 0 Å². The van der Waals surface area contributed by atoms with Gasteiger partial charge < -0.3 is 15.0 Å². The van der Waals surface area contributed by atoms with E-state index < -0.39 is 0 Å². The average molecular weight is 513 g/mol. The molecule has 0 bridgehead atoms. The number of thiocarbonyl (C=S) groups is 1. The number of anilines is 2. The second-order valence-electron chi connectivity index (χ2n) is 6.12. The van der Waals surface area contributed by atoms with Gasteiger partial charge in [0.2, 0.25) is 0 Å². The molecule has 0 aliphatic carbocycles. The largest absolute Gasteiger partial charge is 0.495 e. The molecule has 2 aromatic carbocycles. The summed E-state index contributed by atoms with van der Waals surface area (Å²) in [6.45, 7) is 2.20. The van der Waals surface area contributed by atoms with Crippen molar-refractivity contribution in [1.29, 1.82) is 0 Å². The molecule has 142 valence electrons. The van der Waals surface area contributed by atoms with Gasteiger partial charge in [0.25, 0.3) is 5.91 Å². The minimum atomic E-state index is -0.347. The molecule has 0 radical (unpaired) electrons. The number of rotatable bonds is 4. The Morgan fingerprint density at radius 3 is 2.44 bits per heavy atom. The van der Waals surface area contributed by atoms with Crippen LogP contribution in [0.15, 0.2) is 45.3 Å². The molecule has 2 N–H and O–H groups in total. The Balaban J connectivity index is 1.64. The van der Waals surface area contributed by atoms with E-state index in [0.717, 1.165) is 23.2 Å². The lowest BCUT2D eigenvalue weighted by Crippen LogP contribution is -2.34. The third-order valence-corrected chi connectivity index (χ3v) is 5.53. The number of amides is 1. The molecule has 1 aliphatic rings. The van der Waals surface area contributed by atoms with Gasteiger partial charge in [0.05, 0.1) is 17.1 Å². The number of nitrogens with zero attached hydrogens (tertiary/aromatic N) is 1. The van der Waals surface area contributed by atoms with Crippen LogP contribution in [-0.4, -0.2) is 31.2 Å². The van der Waals surface area contributed by atoms with Crippen LogP contribution in [0.1, 0.15) is 23.2 Å². The Morgan fingerprint density at radius 2 is 1.81 bits per heavy atom. The van der Waals surface area contributed by atoms with E-state index in [1.165, 1.54) is 25.6 Å². The second-order valence-corrected chi connectivity index (χ2v) is 8.30. The summed E-state index contributed by atoms with van der Waals surface area (Å²) < 4.78 is 6.76. The van der Waals surface area contributed by atoms with E-state index in [9.17, 15) is 4.79 Å². The number of benzene rings is 2. The maximum Gasteiger partial charge on any atom is 0.261 e. The fourth-order valence-corrected chi connectivity index (χ4v) is 4.60. The zero-order chi connectivity index (χ0) is 19.4. The van der Waals surface area contributed by atoms with Crippen LogP contribution < -0.4 is 20.3 Å². The first-order valence-corrected chi connectivity index (χ1v) is 10.5. The molecule has 0 saturated carbocycles. The maximum atomic E-state index is 12.6. The molecule has 27 heavy (non-hydrogen) atoms. The summed E-state index contributed by atoms with van der Waals surface area (Å²) in [6.07, 6.45) is 2.48. The summed E-state index contributed by atoms with van der Waals surface area (Å²) in [5, 5.41) is 5.97. The summed E-state index contributed by atoms with van der Waals surface area (Å²) in [7, 11) is 1.52. The molecule has 0 spiro atoms. The van der Waals surface area contributed by atoms with E-state index >= 15 is 0 Å². The summed E-state index contributed by atoms with van der Waals surface area (Å²) >= 11 is 12.1. The van der Waals surface area contributed by atoms with Gasteiger partial charge in [-0.2, -0.15) is 0 Å².